The Kier molecular flexibility index (Phi) is 6.29. The molecule has 1 rings (SSSR count). The average molecular weight is 266 g/mol. The van der Waals surface area contributed by atoms with Gasteiger partial charge in [-0.25, -0.2) is 4.39 Å². The van der Waals surface area contributed by atoms with Crippen molar-refractivity contribution in [2.75, 3.05) is 25.0 Å². The third kappa shape index (κ3) is 3.93. The molecular weight excluding hydrogens is 239 g/mol. The number of rotatable bonds is 7. The third-order valence-electron chi connectivity index (χ3n) is 3.85. The van der Waals surface area contributed by atoms with Gasteiger partial charge >= 0.3 is 0 Å². The topological polar surface area (TPSA) is 15.3 Å². The summed E-state index contributed by atoms with van der Waals surface area (Å²) in [7, 11) is 1.87. The highest BCUT2D eigenvalue weighted by Gasteiger charge is 2.18. The normalized spacial score (nSPS) is 14.2. The van der Waals surface area contributed by atoms with E-state index in [9.17, 15) is 4.39 Å². The molecule has 0 aliphatic heterocycles. The van der Waals surface area contributed by atoms with Gasteiger partial charge in [-0.3, -0.25) is 0 Å². The molecule has 0 bridgehead atoms. The maximum absolute atomic E-state index is 14.1. The van der Waals surface area contributed by atoms with Crippen LogP contribution in [0.5, 0.6) is 0 Å². The first-order valence-corrected chi connectivity index (χ1v) is 7.25. The largest absolute Gasteiger partial charge is 0.371 e. The zero-order valence-electron chi connectivity index (χ0n) is 12.8. The van der Waals surface area contributed by atoms with Gasteiger partial charge in [0.15, 0.2) is 0 Å². The van der Waals surface area contributed by atoms with Crippen molar-refractivity contribution in [3.8, 4) is 0 Å². The van der Waals surface area contributed by atoms with E-state index in [1.165, 1.54) is 0 Å². The summed E-state index contributed by atoms with van der Waals surface area (Å²) in [4.78, 5) is 2.28. The van der Waals surface area contributed by atoms with Gasteiger partial charge in [-0.15, -0.1) is 0 Å². The molecule has 108 valence electrons. The van der Waals surface area contributed by atoms with Gasteiger partial charge in [-0.05, 0) is 38.9 Å². The maximum Gasteiger partial charge on any atom is 0.130 e. The van der Waals surface area contributed by atoms with E-state index < -0.39 is 0 Å². The summed E-state index contributed by atoms with van der Waals surface area (Å²) in [6.45, 7) is 10.4. The molecular formula is C16H27FN2. The first kappa shape index (κ1) is 16.0. The van der Waals surface area contributed by atoms with Crippen LogP contribution in [0.4, 0.5) is 10.1 Å². The summed E-state index contributed by atoms with van der Waals surface area (Å²) in [6, 6.07) is 5.39. The Bertz CT molecular complexity index is 392. The Morgan fingerprint density at radius 3 is 2.47 bits per heavy atom. The minimum absolute atomic E-state index is 0.0159. The molecule has 0 aliphatic rings. The molecule has 0 saturated heterocycles. The molecule has 0 heterocycles. The lowest BCUT2D eigenvalue weighted by atomic mass is 10.0. The number of halogens is 1. The number of hydrogen-bond acceptors (Lipinski definition) is 2. The SMILES string of the molecule is CCC(C)CN(CC)c1cccc(F)c1C(C)NC. The number of benzene rings is 1. The Hall–Kier alpha value is -1.09. The van der Waals surface area contributed by atoms with Crippen molar-refractivity contribution in [3.63, 3.8) is 0 Å². The van der Waals surface area contributed by atoms with Crippen molar-refractivity contribution < 1.29 is 4.39 Å². The molecule has 0 saturated carbocycles. The fraction of sp³-hybridized carbons (Fsp3) is 0.625. The highest BCUT2D eigenvalue weighted by atomic mass is 19.1. The van der Waals surface area contributed by atoms with Gasteiger partial charge in [0.25, 0.3) is 0 Å². The van der Waals surface area contributed by atoms with Crippen LogP contribution >= 0.6 is 0 Å². The molecule has 0 aliphatic carbocycles. The number of anilines is 1. The van der Waals surface area contributed by atoms with Gasteiger partial charge in [-0.1, -0.05) is 26.3 Å². The summed E-state index contributed by atoms with van der Waals surface area (Å²) in [5.41, 5.74) is 1.79. The first-order valence-electron chi connectivity index (χ1n) is 7.25. The summed E-state index contributed by atoms with van der Waals surface area (Å²) in [5, 5.41) is 3.14. The highest BCUT2D eigenvalue weighted by molar-refractivity contribution is 5.55. The minimum atomic E-state index is -0.123. The molecule has 3 heteroatoms. The van der Waals surface area contributed by atoms with Crippen molar-refractivity contribution >= 4 is 5.69 Å². The molecule has 0 spiro atoms. The average Bonchev–Trinajstić information content (AvgIpc) is 2.43. The summed E-state index contributed by atoms with van der Waals surface area (Å²) < 4.78 is 14.1. The Morgan fingerprint density at radius 1 is 1.26 bits per heavy atom. The summed E-state index contributed by atoms with van der Waals surface area (Å²) in [5.74, 6) is 0.489. The van der Waals surface area contributed by atoms with E-state index in [0.717, 1.165) is 30.8 Å². The fourth-order valence-electron chi connectivity index (χ4n) is 2.28. The van der Waals surface area contributed by atoms with E-state index >= 15 is 0 Å². The maximum atomic E-state index is 14.1. The Labute approximate surface area is 117 Å². The van der Waals surface area contributed by atoms with Gasteiger partial charge in [0.05, 0.1) is 0 Å². The van der Waals surface area contributed by atoms with Crippen molar-refractivity contribution in [1.29, 1.82) is 0 Å². The molecule has 0 amide bonds. The third-order valence-corrected chi connectivity index (χ3v) is 3.85. The van der Waals surface area contributed by atoms with Crippen LogP contribution in [0.2, 0.25) is 0 Å². The van der Waals surface area contributed by atoms with Gasteiger partial charge in [0.1, 0.15) is 5.82 Å². The zero-order valence-corrected chi connectivity index (χ0v) is 12.8. The molecule has 2 unspecified atom stereocenters. The lowest BCUT2D eigenvalue weighted by molar-refractivity contribution is 0.534. The van der Waals surface area contributed by atoms with Gasteiger partial charge < -0.3 is 10.2 Å². The van der Waals surface area contributed by atoms with Crippen LogP contribution in [0.15, 0.2) is 18.2 Å². The van der Waals surface area contributed by atoms with E-state index in [0.29, 0.717) is 5.92 Å². The second-order valence-electron chi connectivity index (χ2n) is 5.24. The molecule has 1 aromatic rings. The van der Waals surface area contributed by atoms with E-state index in [-0.39, 0.29) is 11.9 Å². The zero-order chi connectivity index (χ0) is 14.4. The van der Waals surface area contributed by atoms with E-state index in [4.69, 9.17) is 0 Å². The first-order chi connectivity index (χ1) is 9.04. The van der Waals surface area contributed by atoms with Crippen LogP contribution in [0.3, 0.4) is 0 Å². The van der Waals surface area contributed by atoms with Crippen molar-refractivity contribution in [2.45, 2.75) is 40.2 Å². The van der Waals surface area contributed by atoms with Crippen LogP contribution in [0.1, 0.15) is 45.7 Å². The van der Waals surface area contributed by atoms with E-state index in [2.05, 4.69) is 31.0 Å². The monoisotopic (exact) mass is 266 g/mol. The standard InChI is InChI=1S/C16H27FN2/c1-6-12(3)11-19(7-2)15-10-8-9-14(17)16(15)13(4)18-5/h8-10,12-13,18H,6-7,11H2,1-5H3. The van der Waals surface area contributed by atoms with Crippen molar-refractivity contribution in [1.82, 2.24) is 5.32 Å². The number of nitrogens with zero attached hydrogens (tertiary/aromatic N) is 1. The minimum Gasteiger partial charge on any atom is -0.371 e. The fourth-order valence-corrected chi connectivity index (χ4v) is 2.28. The summed E-state index contributed by atoms with van der Waals surface area (Å²) >= 11 is 0. The van der Waals surface area contributed by atoms with Crippen LogP contribution in [0, 0.1) is 11.7 Å². The van der Waals surface area contributed by atoms with Crippen molar-refractivity contribution in [2.24, 2.45) is 5.92 Å². The molecule has 2 nitrogen and oxygen atoms in total. The lowest BCUT2D eigenvalue weighted by Gasteiger charge is -2.30. The molecule has 1 aromatic carbocycles. The van der Waals surface area contributed by atoms with Gasteiger partial charge in [0, 0.05) is 30.4 Å². The van der Waals surface area contributed by atoms with E-state index in [1.54, 1.807) is 12.1 Å². The molecule has 1 N–H and O–H groups in total. The predicted molar refractivity (Wildman–Crippen MR) is 81.2 cm³/mol. The summed E-state index contributed by atoms with van der Waals surface area (Å²) in [6.07, 6.45) is 1.14. The van der Waals surface area contributed by atoms with Gasteiger partial charge in [-0.2, -0.15) is 0 Å². The van der Waals surface area contributed by atoms with Gasteiger partial charge in [0.2, 0.25) is 0 Å². The lowest BCUT2D eigenvalue weighted by Crippen LogP contribution is -2.30. The van der Waals surface area contributed by atoms with Crippen LogP contribution in [0.25, 0.3) is 0 Å². The molecule has 19 heavy (non-hydrogen) atoms. The molecule has 0 aromatic heterocycles. The number of hydrogen-bond donors (Lipinski definition) is 1. The number of nitrogens with one attached hydrogen (secondary N) is 1. The highest BCUT2D eigenvalue weighted by Crippen LogP contribution is 2.29. The molecule has 2 atom stereocenters. The quantitative estimate of drug-likeness (QED) is 0.803. The second-order valence-corrected chi connectivity index (χ2v) is 5.24. The van der Waals surface area contributed by atoms with Crippen molar-refractivity contribution in [3.05, 3.63) is 29.6 Å². The van der Waals surface area contributed by atoms with Crippen LogP contribution in [-0.4, -0.2) is 20.1 Å². The smallest absolute Gasteiger partial charge is 0.130 e. The predicted octanol–water partition coefficient (Wildman–Crippen LogP) is 3.98. The Balaban J connectivity index is 3.12. The van der Waals surface area contributed by atoms with Crippen LogP contribution in [-0.2, 0) is 0 Å². The second kappa shape index (κ2) is 7.49. The van der Waals surface area contributed by atoms with Crippen LogP contribution < -0.4 is 10.2 Å². The van der Waals surface area contributed by atoms with E-state index in [1.807, 2.05) is 20.0 Å². The molecule has 0 fully saturated rings. The molecule has 0 radical (unpaired) electrons. The Morgan fingerprint density at radius 2 is 1.95 bits per heavy atom.